The third kappa shape index (κ3) is 4.50. The van der Waals surface area contributed by atoms with Crippen molar-refractivity contribution in [1.82, 2.24) is 0 Å². The van der Waals surface area contributed by atoms with Gasteiger partial charge in [0.25, 0.3) is 0 Å². The molecule has 1 aliphatic rings. The van der Waals surface area contributed by atoms with Crippen molar-refractivity contribution in [3.63, 3.8) is 0 Å². The van der Waals surface area contributed by atoms with E-state index in [1.54, 1.807) is 0 Å². The van der Waals surface area contributed by atoms with Crippen molar-refractivity contribution >= 4 is 17.4 Å². The van der Waals surface area contributed by atoms with Gasteiger partial charge >= 0.3 is 0 Å². The molecule has 0 amide bonds. The average molecular weight is 251 g/mol. The van der Waals surface area contributed by atoms with Crippen LogP contribution in [0.1, 0.15) is 32.1 Å². The Morgan fingerprint density at radius 3 is 2.59 bits per heavy atom. The summed E-state index contributed by atoms with van der Waals surface area (Å²) >= 11 is 2.12. The van der Waals surface area contributed by atoms with Gasteiger partial charge in [0.15, 0.2) is 0 Å². The highest BCUT2D eigenvalue weighted by Gasteiger charge is 2.14. The average Bonchev–Trinajstić information content (AvgIpc) is 2.84. The van der Waals surface area contributed by atoms with Crippen molar-refractivity contribution in [2.75, 3.05) is 18.1 Å². The lowest BCUT2D eigenvalue weighted by atomic mass is 10.3. The van der Waals surface area contributed by atoms with Crippen LogP contribution in [-0.2, 0) is 0 Å². The number of thioether (sulfide) groups is 1. The number of nitrogen functional groups attached to an aromatic ring is 1. The first-order valence-corrected chi connectivity index (χ1v) is 7.49. The zero-order chi connectivity index (χ0) is 11.9. The summed E-state index contributed by atoms with van der Waals surface area (Å²) in [5, 5.41) is 0.923. The summed E-state index contributed by atoms with van der Waals surface area (Å²) in [6, 6.07) is 7.62. The van der Waals surface area contributed by atoms with E-state index in [0.717, 1.165) is 29.7 Å². The number of ether oxygens (including phenoxy) is 1. The topological polar surface area (TPSA) is 35.2 Å². The van der Waals surface area contributed by atoms with Crippen molar-refractivity contribution in [1.29, 1.82) is 0 Å². The van der Waals surface area contributed by atoms with Gasteiger partial charge in [-0.1, -0.05) is 12.8 Å². The summed E-state index contributed by atoms with van der Waals surface area (Å²) in [6.45, 7) is 0.809. The Kier molecular flexibility index (Phi) is 5.05. The van der Waals surface area contributed by atoms with E-state index in [1.807, 2.05) is 24.3 Å². The molecule has 0 spiro atoms. The second-order valence-corrected chi connectivity index (χ2v) is 5.96. The van der Waals surface area contributed by atoms with Gasteiger partial charge in [0.2, 0.25) is 0 Å². The number of benzene rings is 1. The molecule has 0 unspecified atom stereocenters. The van der Waals surface area contributed by atoms with E-state index in [4.69, 9.17) is 10.5 Å². The van der Waals surface area contributed by atoms with Gasteiger partial charge in [-0.2, -0.15) is 11.8 Å². The zero-order valence-corrected chi connectivity index (χ0v) is 11.0. The molecule has 2 rings (SSSR count). The van der Waals surface area contributed by atoms with Crippen molar-refractivity contribution in [3.05, 3.63) is 24.3 Å². The first-order chi connectivity index (χ1) is 8.34. The zero-order valence-electron chi connectivity index (χ0n) is 10.2. The van der Waals surface area contributed by atoms with Gasteiger partial charge in [0.05, 0.1) is 6.61 Å². The maximum atomic E-state index is 5.66. The monoisotopic (exact) mass is 251 g/mol. The van der Waals surface area contributed by atoms with Gasteiger partial charge in [-0.05, 0) is 49.3 Å². The van der Waals surface area contributed by atoms with Gasteiger partial charge in [-0.3, -0.25) is 0 Å². The van der Waals surface area contributed by atoms with Crippen molar-refractivity contribution in [2.45, 2.75) is 37.4 Å². The smallest absolute Gasteiger partial charge is 0.119 e. The fourth-order valence-corrected chi connectivity index (χ4v) is 3.40. The lowest BCUT2D eigenvalue weighted by Gasteiger charge is -2.09. The molecular weight excluding hydrogens is 230 g/mol. The van der Waals surface area contributed by atoms with Crippen LogP contribution in [0.15, 0.2) is 24.3 Å². The van der Waals surface area contributed by atoms with E-state index < -0.39 is 0 Å². The van der Waals surface area contributed by atoms with Gasteiger partial charge in [0, 0.05) is 10.9 Å². The molecule has 1 saturated carbocycles. The van der Waals surface area contributed by atoms with Crippen LogP contribution in [0.2, 0.25) is 0 Å². The molecule has 17 heavy (non-hydrogen) atoms. The van der Waals surface area contributed by atoms with E-state index in [1.165, 1.54) is 31.4 Å². The van der Waals surface area contributed by atoms with Crippen molar-refractivity contribution < 1.29 is 4.74 Å². The maximum absolute atomic E-state index is 5.66. The van der Waals surface area contributed by atoms with Gasteiger partial charge in [-0.15, -0.1) is 0 Å². The molecule has 1 aliphatic carbocycles. The standard InChI is InChI=1S/C14H21NOS/c15-12-6-8-13(9-7-12)16-10-3-11-17-14-4-1-2-5-14/h6-9,14H,1-5,10-11,15H2. The number of nitrogens with two attached hydrogens (primary N) is 1. The predicted molar refractivity (Wildman–Crippen MR) is 75.7 cm³/mol. The minimum Gasteiger partial charge on any atom is -0.494 e. The molecule has 0 aliphatic heterocycles. The predicted octanol–water partition coefficient (Wildman–Crippen LogP) is 3.71. The van der Waals surface area contributed by atoms with Gasteiger partial charge < -0.3 is 10.5 Å². The minimum absolute atomic E-state index is 0.786. The highest BCUT2D eigenvalue weighted by molar-refractivity contribution is 7.99. The second-order valence-electron chi connectivity index (χ2n) is 4.55. The molecule has 3 heteroatoms. The van der Waals surface area contributed by atoms with Gasteiger partial charge in [0.1, 0.15) is 5.75 Å². The summed E-state index contributed by atoms with van der Waals surface area (Å²) in [4.78, 5) is 0. The Balaban J connectivity index is 1.55. The highest BCUT2D eigenvalue weighted by Crippen LogP contribution is 2.29. The SMILES string of the molecule is Nc1ccc(OCCCSC2CCCC2)cc1. The van der Waals surface area contributed by atoms with E-state index in [2.05, 4.69) is 11.8 Å². The normalized spacial score (nSPS) is 16.2. The second kappa shape index (κ2) is 6.80. The fraction of sp³-hybridized carbons (Fsp3) is 0.571. The minimum atomic E-state index is 0.786. The number of rotatable bonds is 6. The summed E-state index contributed by atoms with van der Waals surface area (Å²) in [6.07, 6.45) is 6.83. The van der Waals surface area contributed by atoms with Crippen LogP contribution in [-0.4, -0.2) is 17.6 Å². The Labute approximate surface area is 108 Å². The number of hydrogen-bond donors (Lipinski definition) is 1. The lowest BCUT2D eigenvalue weighted by molar-refractivity contribution is 0.318. The lowest BCUT2D eigenvalue weighted by Crippen LogP contribution is -2.02. The summed E-state index contributed by atoms with van der Waals surface area (Å²) in [5.41, 5.74) is 6.40. The van der Waals surface area contributed by atoms with Gasteiger partial charge in [-0.25, -0.2) is 0 Å². The molecule has 0 bridgehead atoms. The quantitative estimate of drug-likeness (QED) is 0.618. The van der Waals surface area contributed by atoms with Crippen LogP contribution < -0.4 is 10.5 Å². The summed E-state index contributed by atoms with van der Waals surface area (Å²) in [5.74, 6) is 2.14. The van der Waals surface area contributed by atoms with Crippen molar-refractivity contribution in [3.8, 4) is 5.75 Å². The van der Waals surface area contributed by atoms with Crippen LogP contribution in [0, 0.1) is 0 Å². The third-order valence-electron chi connectivity index (χ3n) is 3.09. The molecule has 2 nitrogen and oxygen atoms in total. The first kappa shape index (κ1) is 12.6. The third-order valence-corrected chi connectivity index (χ3v) is 4.56. The highest BCUT2D eigenvalue weighted by atomic mass is 32.2. The first-order valence-electron chi connectivity index (χ1n) is 6.44. The molecule has 0 heterocycles. The van der Waals surface area contributed by atoms with Crippen LogP contribution >= 0.6 is 11.8 Å². The van der Waals surface area contributed by atoms with Crippen LogP contribution in [0.25, 0.3) is 0 Å². The van der Waals surface area contributed by atoms with E-state index in [0.29, 0.717) is 0 Å². The molecule has 0 saturated heterocycles. The fourth-order valence-electron chi connectivity index (χ4n) is 2.12. The Bertz CT molecular complexity index is 319. The van der Waals surface area contributed by atoms with E-state index in [9.17, 15) is 0 Å². The number of hydrogen-bond acceptors (Lipinski definition) is 3. The maximum Gasteiger partial charge on any atom is 0.119 e. The largest absolute Gasteiger partial charge is 0.494 e. The van der Waals surface area contributed by atoms with Crippen molar-refractivity contribution in [2.24, 2.45) is 0 Å². The molecule has 0 radical (unpaired) electrons. The molecule has 0 atom stereocenters. The van der Waals surface area contributed by atoms with Crippen LogP contribution in [0.5, 0.6) is 5.75 Å². The molecule has 2 N–H and O–H groups in total. The van der Waals surface area contributed by atoms with E-state index >= 15 is 0 Å². The summed E-state index contributed by atoms with van der Waals surface area (Å²) < 4.78 is 5.66. The van der Waals surface area contributed by atoms with Crippen LogP contribution in [0.3, 0.4) is 0 Å². The van der Waals surface area contributed by atoms with Crippen LogP contribution in [0.4, 0.5) is 5.69 Å². The molecule has 1 fully saturated rings. The molecular formula is C14H21NOS. The Hall–Kier alpha value is -0.830. The summed E-state index contributed by atoms with van der Waals surface area (Å²) in [7, 11) is 0. The number of anilines is 1. The van der Waals surface area contributed by atoms with E-state index in [-0.39, 0.29) is 0 Å². The molecule has 94 valence electrons. The molecule has 1 aromatic carbocycles. The molecule has 1 aromatic rings. The Morgan fingerprint density at radius 1 is 1.18 bits per heavy atom. The molecule has 0 aromatic heterocycles. The Morgan fingerprint density at radius 2 is 1.88 bits per heavy atom.